The second-order valence-corrected chi connectivity index (χ2v) is 7.85. The first kappa shape index (κ1) is 25.5. The first-order chi connectivity index (χ1) is 16.5. The number of nitrogens with one attached hydrogen (secondary N) is 2. The minimum atomic E-state index is -1.69. The molecule has 35 heavy (non-hydrogen) atoms. The molecule has 1 aromatic heterocycles. The van der Waals surface area contributed by atoms with Crippen LogP contribution >= 0.6 is 0 Å². The van der Waals surface area contributed by atoms with Crippen LogP contribution in [0.3, 0.4) is 0 Å². The van der Waals surface area contributed by atoms with Crippen molar-refractivity contribution < 1.29 is 36.7 Å². The van der Waals surface area contributed by atoms with Crippen LogP contribution < -0.4 is 10.6 Å². The maximum atomic E-state index is 14.8. The Labute approximate surface area is 198 Å². The van der Waals surface area contributed by atoms with Crippen molar-refractivity contribution in [1.82, 2.24) is 5.32 Å². The van der Waals surface area contributed by atoms with Crippen molar-refractivity contribution in [3.8, 4) is 11.1 Å². The quantitative estimate of drug-likeness (QED) is 0.223. The number of carbonyl (C=O) groups excluding carboxylic acids is 1. The molecule has 3 aromatic rings. The Morgan fingerprint density at radius 2 is 1.60 bits per heavy atom. The van der Waals surface area contributed by atoms with Gasteiger partial charge in [0.2, 0.25) is 5.91 Å². The number of halogens is 4. The molecule has 2 aromatic carbocycles. The van der Waals surface area contributed by atoms with Crippen LogP contribution in [0.4, 0.5) is 23.2 Å². The van der Waals surface area contributed by atoms with Gasteiger partial charge in [-0.25, -0.2) is 17.6 Å². The van der Waals surface area contributed by atoms with Gasteiger partial charge in [-0.1, -0.05) is 12.1 Å². The number of aliphatic carboxylic acids is 1. The number of furan rings is 1. The normalized spacial score (nSPS) is 12.4. The molecule has 0 aliphatic rings. The Balaban J connectivity index is 1.87. The highest BCUT2D eigenvalue weighted by atomic mass is 19.2. The number of amides is 1. The zero-order valence-corrected chi connectivity index (χ0v) is 19.0. The summed E-state index contributed by atoms with van der Waals surface area (Å²) in [7, 11) is 0. The highest BCUT2D eigenvalue weighted by Crippen LogP contribution is 2.33. The van der Waals surface area contributed by atoms with Crippen LogP contribution in [-0.4, -0.2) is 23.0 Å². The van der Waals surface area contributed by atoms with Crippen molar-refractivity contribution in [2.45, 2.75) is 33.4 Å². The van der Waals surface area contributed by atoms with Gasteiger partial charge in [0.05, 0.1) is 17.7 Å². The predicted octanol–water partition coefficient (Wildman–Crippen LogP) is 5.42. The van der Waals surface area contributed by atoms with Gasteiger partial charge in [0.1, 0.15) is 17.6 Å². The third-order valence-corrected chi connectivity index (χ3v) is 5.17. The molecule has 1 amide bonds. The minimum Gasteiger partial charge on any atom is -0.480 e. The van der Waals surface area contributed by atoms with Crippen LogP contribution in [-0.2, 0) is 16.1 Å². The third-order valence-electron chi connectivity index (χ3n) is 5.17. The number of rotatable bonds is 8. The molecule has 0 spiro atoms. The molecule has 0 radical (unpaired) electrons. The summed E-state index contributed by atoms with van der Waals surface area (Å²) >= 11 is 0. The molecule has 0 saturated heterocycles. The standard InChI is InChI=1S/C25H22F4N2O4/c1-12(24(32)31-14(3)25(33)34)10-18-20(26)22(28)19(23(29)21(18)27)15-5-7-16(8-6-15)30-11-17-9-4-13(2)35-17/h4-10,14,30H,11H2,1-3H3,(H,31,32)(H,33,34). The summed E-state index contributed by atoms with van der Waals surface area (Å²) in [5.74, 6) is -7.50. The average Bonchev–Trinajstić information content (AvgIpc) is 3.24. The highest BCUT2D eigenvalue weighted by molar-refractivity contribution is 5.99. The van der Waals surface area contributed by atoms with Gasteiger partial charge >= 0.3 is 5.97 Å². The van der Waals surface area contributed by atoms with E-state index in [9.17, 15) is 27.2 Å². The van der Waals surface area contributed by atoms with E-state index in [2.05, 4.69) is 10.6 Å². The van der Waals surface area contributed by atoms with E-state index in [4.69, 9.17) is 9.52 Å². The number of aryl methyl sites for hydroxylation is 1. The maximum Gasteiger partial charge on any atom is 0.325 e. The van der Waals surface area contributed by atoms with E-state index < -0.39 is 52.3 Å². The topological polar surface area (TPSA) is 91.6 Å². The Hall–Kier alpha value is -4.08. The van der Waals surface area contributed by atoms with Gasteiger partial charge in [-0.3, -0.25) is 9.59 Å². The van der Waals surface area contributed by atoms with E-state index >= 15 is 0 Å². The van der Waals surface area contributed by atoms with Crippen molar-refractivity contribution in [1.29, 1.82) is 0 Å². The summed E-state index contributed by atoms with van der Waals surface area (Å²) in [6.07, 6.45) is 0.619. The van der Waals surface area contributed by atoms with Gasteiger partial charge in [-0.2, -0.15) is 0 Å². The van der Waals surface area contributed by atoms with Crippen molar-refractivity contribution in [3.05, 3.63) is 82.3 Å². The second kappa shape index (κ2) is 10.5. The fourth-order valence-electron chi connectivity index (χ4n) is 3.21. The molecule has 6 nitrogen and oxygen atoms in total. The minimum absolute atomic E-state index is 0.0996. The predicted molar refractivity (Wildman–Crippen MR) is 121 cm³/mol. The van der Waals surface area contributed by atoms with Crippen molar-refractivity contribution >= 4 is 23.6 Å². The molecule has 3 rings (SSSR count). The lowest BCUT2D eigenvalue weighted by atomic mass is 9.99. The van der Waals surface area contributed by atoms with Gasteiger partial charge in [-0.15, -0.1) is 0 Å². The molecular formula is C25H22F4N2O4. The van der Waals surface area contributed by atoms with Gasteiger partial charge in [-0.05, 0) is 56.7 Å². The molecule has 1 unspecified atom stereocenters. The maximum absolute atomic E-state index is 14.8. The van der Waals surface area contributed by atoms with E-state index in [1.165, 1.54) is 31.2 Å². The summed E-state index contributed by atoms with van der Waals surface area (Å²) in [5, 5.41) is 14.0. The summed E-state index contributed by atoms with van der Waals surface area (Å²) in [6, 6.07) is 7.91. The molecule has 1 heterocycles. The van der Waals surface area contributed by atoms with Crippen LogP contribution in [0, 0.1) is 30.2 Å². The van der Waals surface area contributed by atoms with Gasteiger partial charge in [0, 0.05) is 11.3 Å². The SMILES string of the molecule is CC(=Cc1c(F)c(F)c(-c2ccc(NCc3ccc(C)o3)cc2)c(F)c1F)C(=O)NC(C)C(=O)O. The number of carboxylic acids is 1. The number of carboxylic acid groups (broad SMARTS) is 1. The number of benzene rings is 2. The van der Waals surface area contributed by atoms with Crippen molar-refractivity contribution in [3.63, 3.8) is 0 Å². The molecule has 0 aliphatic heterocycles. The van der Waals surface area contributed by atoms with E-state index in [0.29, 0.717) is 24.1 Å². The summed E-state index contributed by atoms with van der Waals surface area (Å²) in [4.78, 5) is 22.9. The molecule has 0 fully saturated rings. The summed E-state index contributed by atoms with van der Waals surface area (Å²) < 4.78 is 64.5. The van der Waals surface area contributed by atoms with E-state index in [1.807, 2.05) is 0 Å². The third kappa shape index (κ3) is 5.71. The van der Waals surface area contributed by atoms with E-state index in [-0.39, 0.29) is 11.1 Å². The summed E-state index contributed by atoms with van der Waals surface area (Å²) in [6.45, 7) is 4.47. The zero-order valence-electron chi connectivity index (χ0n) is 19.0. The molecule has 0 aliphatic carbocycles. The first-order valence-corrected chi connectivity index (χ1v) is 10.5. The Bertz CT molecular complexity index is 1270. The van der Waals surface area contributed by atoms with Crippen LogP contribution in [0.1, 0.15) is 30.9 Å². The smallest absolute Gasteiger partial charge is 0.325 e. The Morgan fingerprint density at radius 3 is 2.11 bits per heavy atom. The molecule has 184 valence electrons. The van der Waals surface area contributed by atoms with Gasteiger partial charge < -0.3 is 20.2 Å². The van der Waals surface area contributed by atoms with Crippen LogP contribution in [0.25, 0.3) is 17.2 Å². The number of hydrogen-bond acceptors (Lipinski definition) is 4. The lowest BCUT2D eigenvalue weighted by Crippen LogP contribution is -2.38. The fraction of sp³-hybridized carbons (Fsp3) is 0.200. The van der Waals surface area contributed by atoms with Crippen molar-refractivity contribution in [2.75, 3.05) is 5.32 Å². The molecule has 10 heteroatoms. The molecule has 3 N–H and O–H groups in total. The average molecular weight is 490 g/mol. The van der Waals surface area contributed by atoms with Crippen LogP contribution in [0.2, 0.25) is 0 Å². The molecule has 1 atom stereocenters. The van der Waals surface area contributed by atoms with Crippen LogP contribution in [0.5, 0.6) is 0 Å². The lowest BCUT2D eigenvalue weighted by molar-refractivity contribution is -0.140. The Morgan fingerprint density at radius 1 is 1.00 bits per heavy atom. The second-order valence-electron chi connectivity index (χ2n) is 7.85. The molecule has 0 saturated carbocycles. The largest absolute Gasteiger partial charge is 0.480 e. The van der Waals surface area contributed by atoms with E-state index in [1.54, 1.807) is 19.1 Å². The molecular weight excluding hydrogens is 468 g/mol. The number of anilines is 1. The van der Waals surface area contributed by atoms with Gasteiger partial charge in [0.25, 0.3) is 0 Å². The van der Waals surface area contributed by atoms with Crippen LogP contribution in [0.15, 0.2) is 46.4 Å². The zero-order chi connectivity index (χ0) is 25.9. The van der Waals surface area contributed by atoms with Crippen molar-refractivity contribution in [2.24, 2.45) is 0 Å². The highest BCUT2D eigenvalue weighted by Gasteiger charge is 2.26. The molecule has 0 bridgehead atoms. The number of carbonyl (C=O) groups is 2. The Kier molecular flexibility index (Phi) is 7.63. The lowest BCUT2D eigenvalue weighted by Gasteiger charge is -2.13. The van der Waals surface area contributed by atoms with E-state index in [0.717, 1.165) is 12.7 Å². The monoisotopic (exact) mass is 490 g/mol. The summed E-state index contributed by atoms with van der Waals surface area (Å²) in [5.41, 5.74) is -1.85. The van der Waals surface area contributed by atoms with Gasteiger partial charge in [0.15, 0.2) is 23.3 Å². The fourth-order valence-corrected chi connectivity index (χ4v) is 3.21. The first-order valence-electron chi connectivity index (χ1n) is 10.5. The number of hydrogen-bond donors (Lipinski definition) is 3.